The predicted molar refractivity (Wildman–Crippen MR) is 69.7 cm³/mol. The molecular weight excluding hydrogens is 196 g/mol. The zero-order valence-electron chi connectivity index (χ0n) is 11.5. The van der Waals surface area contributed by atoms with Crippen LogP contribution < -0.4 is 5.32 Å². The highest BCUT2D eigenvalue weighted by atomic mass is 15.2. The van der Waals surface area contributed by atoms with E-state index in [4.69, 9.17) is 0 Å². The largest absolute Gasteiger partial charge is 0.312 e. The monoisotopic (exact) mass is 224 g/mol. The van der Waals surface area contributed by atoms with Crippen molar-refractivity contribution in [2.45, 2.75) is 64.0 Å². The minimum atomic E-state index is 0.471. The van der Waals surface area contributed by atoms with Crippen LogP contribution in [0.25, 0.3) is 0 Å². The quantitative estimate of drug-likeness (QED) is 0.790. The van der Waals surface area contributed by atoms with Gasteiger partial charge in [-0.25, -0.2) is 0 Å². The minimum Gasteiger partial charge on any atom is -0.312 e. The third-order valence-electron chi connectivity index (χ3n) is 5.17. The van der Waals surface area contributed by atoms with E-state index in [2.05, 4.69) is 38.2 Å². The molecule has 0 amide bonds. The fourth-order valence-corrected chi connectivity index (χ4v) is 3.39. The Kier molecular flexibility index (Phi) is 3.33. The highest BCUT2D eigenvalue weighted by Gasteiger charge is 2.41. The summed E-state index contributed by atoms with van der Waals surface area (Å²) in [7, 11) is 4.47. The van der Waals surface area contributed by atoms with Gasteiger partial charge in [0.05, 0.1) is 0 Å². The molecular formula is C14H28N2. The summed E-state index contributed by atoms with van der Waals surface area (Å²) in [5, 5.41) is 3.85. The van der Waals surface area contributed by atoms with E-state index in [1.54, 1.807) is 0 Å². The average Bonchev–Trinajstić information content (AvgIpc) is 2.43. The molecule has 0 bridgehead atoms. The lowest BCUT2D eigenvalue weighted by molar-refractivity contribution is 0.0529. The van der Waals surface area contributed by atoms with Crippen molar-refractivity contribution in [3.8, 4) is 0 Å². The van der Waals surface area contributed by atoms with Gasteiger partial charge in [-0.1, -0.05) is 20.3 Å². The molecule has 16 heavy (non-hydrogen) atoms. The number of hydrogen-bond donors (Lipinski definition) is 1. The fraction of sp³-hybridized carbons (Fsp3) is 1.00. The van der Waals surface area contributed by atoms with Gasteiger partial charge < -0.3 is 10.2 Å². The third-order valence-corrected chi connectivity index (χ3v) is 5.17. The molecule has 2 saturated carbocycles. The molecule has 2 aliphatic carbocycles. The van der Waals surface area contributed by atoms with Gasteiger partial charge in [0.25, 0.3) is 0 Å². The predicted octanol–water partition coefficient (Wildman–Crippen LogP) is 2.64. The first-order chi connectivity index (χ1) is 7.46. The van der Waals surface area contributed by atoms with Crippen LogP contribution in [0.15, 0.2) is 0 Å². The lowest BCUT2D eigenvalue weighted by Gasteiger charge is -2.48. The van der Waals surface area contributed by atoms with Gasteiger partial charge in [0.2, 0.25) is 0 Å². The molecule has 0 saturated heterocycles. The second-order valence-corrected chi connectivity index (χ2v) is 6.79. The summed E-state index contributed by atoms with van der Waals surface area (Å²) in [6, 6.07) is 0.741. The van der Waals surface area contributed by atoms with Crippen LogP contribution in [-0.2, 0) is 0 Å². The highest BCUT2D eigenvalue weighted by molar-refractivity contribution is 5.00. The molecule has 1 N–H and O–H groups in total. The van der Waals surface area contributed by atoms with Crippen molar-refractivity contribution in [3.63, 3.8) is 0 Å². The van der Waals surface area contributed by atoms with Crippen molar-refractivity contribution in [2.24, 2.45) is 5.41 Å². The van der Waals surface area contributed by atoms with Crippen molar-refractivity contribution in [3.05, 3.63) is 0 Å². The number of rotatable bonds is 4. The molecule has 0 aromatic heterocycles. The van der Waals surface area contributed by atoms with Crippen LogP contribution in [0.5, 0.6) is 0 Å². The van der Waals surface area contributed by atoms with E-state index in [-0.39, 0.29) is 0 Å². The van der Waals surface area contributed by atoms with Crippen LogP contribution in [0.4, 0.5) is 0 Å². The summed E-state index contributed by atoms with van der Waals surface area (Å²) in [4.78, 5) is 2.44. The van der Waals surface area contributed by atoms with E-state index < -0.39 is 0 Å². The van der Waals surface area contributed by atoms with Crippen molar-refractivity contribution >= 4 is 0 Å². The molecule has 2 rings (SSSR count). The van der Waals surface area contributed by atoms with Gasteiger partial charge in [0.1, 0.15) is 0 Å². The summed E-state index contributed by atoms with van der Waals surface area (Å²) < 4.78 is 0. The molecule has 0 radical (unpaired) electrons. The van der Waals surface area contributed by atoms with Crippen LogP contribution in [0, 0.1) is 5.41 Å². The van der Waals surface area contributed by atoms with Gasteiger partial charge in [-0.15, -0.1) is 0 Å². The Morgan fingerprint density at radius 2 is 1.81 bits per heavy atom. The number of hydrogen-bond acceptors (Lipinski definition) is 2. The van der Waals surface area contributed by atoms with Crippen LogP contribution in [0.2, 0.25) is 0 Å². The summed E-state index contributed by atoms with van der Waals surface area (Å²) in [6.07, 6.45) is 8.32. The standard InChI is InChI=1S/C14H28N2/c1-13(2)8-5-7-12(13)15-11-14(16(3)4)9-6-10-14/h12,15H,5-11H2,1-4H3. The molecule has 0 aromatic rings. The van der Waals surface area contributed by atoms with E-state index in [1.165, 1.54) is 45.1 Å². The van der Waals surface area contributed by atoms with Crippen LogP contribution in [-0.4, -0.2) is 37.1 Å². The molecule has 0 aliphatic heterocycles. The highest BCUT2D eigenvalue weighted by Crippen LogP contribution is 2.39. The zero-order valence-corrected chi connectivity index (χ0v) is 11.5. The Balaban J connectivity index is 1.87. The lowest BCUT2D eigenvalue weighted by Crippen LogP contribution is -2.58. The number of likely N-dealkylation sites (N-methyl/N-ethyl adjacent to an activating group) is 1. The number of nitrogens with zero attached hydrogens (tertiary/aromatic N) is 1. The molecule has 2 nitrogen and oxygen atoms in total. The first kappa shape index (κ1) is 12.4. The Morgan fingerprint density at radius 3 is 2.19 bits per heavy atom. The van der Waals surface area contributed by atoms with Gasteiger partial charge >= 0.3 is 0 Å². The maximum Gasteiger partial charge on any atom is 0.0328 e. The van der Waals surface area contributed by atoms with E-state index in [9.17, 15) is 0 Å². The third kappa shape index (κ3) is 2.14. The summed E-state index contributed by atoms with van der Waals surface area (Å²) in [6.45, 7) is 6.02. The van der Waals surface area contributed by atoms with Gasteiger partial charge in [-0.05, 0) is 51.6 Å². The van der Waals surface area contributed by atoms with Crippen molar-refractivity contribution in [1.29, 1.82) is 0 Å². The van der Waals surface area contributed by atoms with Crippen LogP contribution in [0.3, 0.4) is 0 Å². The molecule has 2 aliphatic rings. The molecule has 2 fully saturated rings. The average molecular weight is 224 g/mol. The first-order valence-corrected chi connectivity index (χ1v) is 6.87. The van der Waals surface area contributed by atoms with Crippen molar-refractivity contribution in [2.75, 3.05) is 20.6 Å². The first-order valence-electron chi connectivity index (χ1n) is 6.87. The lowest BCUT2D eigenvalue weighted by atomic mass is 9.75. The Bertz CT molecular complexity index is 241. The maximum absolute atomic E-state index is 3.85. The van der Waals surface area contributed by atoms with Gasteiger partial charge in [0.15, 0.2) is 0 Å². The topological polar surface area (TPSA) is 15.3 Å². The molecule has 0 aromatic carbocycles. The molecule has 1 unspecified atom stereocenters. The van der Waals surface area contributed by atoms with E-state index in [1.807, 2.05) is 0 Å². The summed E-state index contributed by atoms with van der Waals surface area (Å²) >= 11 is 0. The van der Waals surface area contributed by atoms with Gasteiger partial charge in [0, 0.05) is 18.1 Å². The Morgan fingerprint density at radius 1 is 1.12 bits per heavy atom. The molecule has 2 heteroatoms. The van der Waals surface area contributed by atoms with Crippen LogP contribution in [0.1, 0.15) is 52.4 Å². The smallest absolute Gasteiger partial charge is 0.0328 e. The maximum atomic E-state index is 3.85. The van der Waals surface area contributed by atoms with Crippen molar-refractivity contribution in [1.82, 2.24) is 10.2 Å². The second kappa shape index (κ2) is 4.30. The Hall–Kier alpha value is -0.0800. The SMILES string of the molecule is CN(C)C1(CNC2CCCC2(C)C)CCC1. The molecule has 0 heterocycles. The summed E-state index contributed by atoms with van der Waals surface area (Å²) in [5.41, 5.74) is 0.982. The normalized spacial score (nSPS) is 31.7. The second-order valence-electron chi connectivity index (χ2n) is 6.79. The van der Waals surface area contributed by atoms with E-state index >= 15 is 0 Å². The Labute approximate surface area is 101 Å². The van der Waals surface area contributed by atoms with Crippen molar-refractivity contribution < 1.29 is 0 Å². The summed E-state index contributed by atoms with van der Waals surface area (Å²) in [5.74, 6) is 0. The van der Waals surface area contributed by atoms with Gasteiger partial charge in [-0.2, -0.15) is 0 Å². The van der Waals surface area contributed by atoms with E-state index in [0.717, 1.165) is 6.04 Å². The van der Waals surface area contributed by atoms with Crippen LogP contribution >= 0.6 is 0 Å². The molecule has 0 spiro atoms. The number of nitrogens with one attached hydrogen (secondary N) is 1. The minimum absolute atomic E-state index is 0.471. The molecule has 94 valence electrons. The van der Waals surface area contributed by atoms with E-state index in [0.29, 0.717) is 11.0 Å². The van der Waals surface area contributed by atoms with Gasteiger partial charge in [-0.3, -0.25) is 0 Å². The molecule has 1 atom stereocenters. The zero-order chi connectivity index (χ0) is 11.8. The fourth-order valence-electron chi connectivity index (χ4n) is 3.39.